The number of benzene rings is 3. The monoisotopic (exact) mass is 420 g/mol. The summed E-state index contributed by atoms with van der Waals surface area (Å²) in [6.45, 7) is 6.33. The van der Waals surface area contributed by atoms with E-state index in [-0.39, 0.29) is 5.78 Å². The summed E-state index contributed by atoms with van der Waals surface area (Å²) in [6, 6.07) is 23.7. The average Bonchev–Trinajstić information content (AvgIpc) is 3.44. The van der Waals surface area contributed by atoms with Crippen molar-refractivity contribution in [2.75, 3.05) is 0 Å². The lowest BCUT2D eigenvalue weighted by atomic mass is 9.96. The Hall–Kier alpha value is -3.92. The number of aromatic nitrogens is 2. The first-order valence-electron chi connectivity index (χ1n) is 10.8. The van der Waals surface area contributed by atoms with Crippen molar-refractivity contribution in [1.29, 1.82) is 0 Å². The van der Waals surface area contributed by atoms with Crippen LogP contribution in [-0.4, -0.2) is 15.6 Å². The third-order valence-corrected chi connectivity index (χ3v) is 5.79. The van der Waals surface area contributed by atoms with Gasteiger partial charge in [0.1, 0.15) is 5.58 Å². The molecule has 0 unspecified atom stereocenters. The number of hydrogen-bond donors (Lipinski definition) is 0. The van der Waals surface area contributed by atoms with Crippen molar-refractivity contribution in [3.05, 3.63) is 108 Å². The van der Waals surface area contributed by atoms with Gasteiger partial charge < -0.3 is 4.42 Å². The molecule has 158 valence electrons. The van der Waals surface area contributed by atoms with Crippen LogP contribution in [0.3, 0.4) is 0 Å². The minimum Gasteiger partial charge on any atom is -0.452 e. The Labute approximate surface area is 187 Å². The molecule has 32 heavy (non-hydrogen) atoms. The Kier molecular flexibility index (Phi) is 4.98. The summed E-state index contributed by atoms with van der Waals surface area (Å²) in [7, 11) is 0. The summed E-state index contributed by atoms with van der Waals surface area (Å²) < 4.78 is 7.98. The highest BCUT2D eigenvalue weighted by molar-refractivity contribution is 6.15. The molecule has 2 heterocycles. The fourth-order valence-corrected chi connectivity index (χ4v) is 3.93. The Morgan fingerprint density at radius 2 is 1.72 bits per heavy atom. The predicted molar refractivity (Wildman–Crippen MR) is 127 cm³/mol. The van der Waals surface area contributed by atoms with Crippen molar-refractivity contribution in [2.24, 2.45) is 0 Å². The number of nitrogens with zero attached hydrogens (tertiary/aromatic N) is 2. The second-order valence-corrected chi connectivity index (χ2v) is 8.42. The highest BCUT2D eigenvalue weighted by Crippen LogP contribution is 2.37. The number of aryl methyl sites for hydroxylation is 1. The normalized spacial score (nSPS) is 11.4. The molecule has 3 aromatic carbocycles. The standard InChI is InChI=1S/C28H24N2O2/c1-18(2)21-13-14-25-24(15-21)26(22-16-29-30(17-22)23-7-5-4-6-8-23)28(32-25)27(31)20-11-9-19(3)10-12-20/h4-18H,1-3H3. The van der Waals surface area contributed by atoms with Gasteiger partial charge in [-0.2, -0.15) is 5.10 Å². The Balaban J connectivity index is 1.71. The van der Waals surface area contributed by atoms with Gasteiger partial charge >= 0.3 is 0 Å². The first kappa shape index (κ1) is 20.0. The SMILES string of the molecule is Cc1ccc(C(=O)c2oc3ccc(C(C)C)cc3c2-c2cnn(-c3ccccc3)c2)cc1. The number of hydrogen-bond acceptors (Lipinski definition) is 3. The van der Waals surface area contributed by atoms with Crippen LogP contribution in [0.5, 0.6) is 0 Å². The van der Waals surface area contributed by atoms with Crippen LogP contribution in [0, 0.1) is 6.92 Å². The lowest BCUT2D eigenvalue weighted by Gasteiger charge is -2.05. The number of carbonyl (C=O) groups excluding carboxylic acids is 1. The molecular formula is C28H24N2O2. The number of carbonyl (C=O) groups is 1. The van der Waals surface area contributed by atoms with Crippen LogP contribution in [-0.2, 0) is 0 Å². The quantitative estimate of drug-likeness (QED) is 0.289. The molecule has 2 aromatic heterocycles. The summed E-state index contributed by atoms with van der Waals surface area (Å²) in [5, 5.41) is 5.49. The molecule has 0 radical (unpaired) electrons. The minimum absolute atomic E-state index is 0.130. The van der Waals surface area contributed by atoms with Crippen LogP contribution >= 0.6 is 0 Å². The molecule has 0 atom stereocenters. The lowest BCUT2D eigenvalue weighted by molar-refractivity contribution is 0.101. The van der Waals surface area contributed by atoms with Crippen LogP contribution in [0.1, 0.15) is 47.0 Å². The molecule has 0 bridgehead atoms. The van der Waals surface area contributed by atoms with Gasteiger partial charge in [-0.25, -0.2) is 4.68 Å². The van der Waals surface area contributed by atoms with Crippen molar-refractivity contribution >= 4 is 16.8 Å². The number of para-hydroxylation sites is 1. The van der Waals surface area contributed by atoms with Gasteiger partial charge in [-0.15, -0.1) is 0 Å². The second kappa shape index (κ2) is 7.97. The van der Waals surface area contributed by atoms with Crippen molar-refractivity contribution in [2.45, 2.75) is 26.7 Å². The molecule has 0 aliphatic heterocycles. The molecule has 5 aromatic rings. The zero-order chi connectivity index (χ0) is 22.2. The van der Waals surface area contributed by atoms with Gasteiger partial charge in [0, 0.05) is 28.3 Å². The topological polar surface area (TPSA) is 48.0 Å². The number of fused-ring (bicyclic) bond motifs is 1. The summed E-state index contributed by atoms with van der Waals surface area (Å²) in [6.07, 6.45) is 3.75. The van der Waals surface area contributed by atoms with Gasteiger partial charge in [0.25, 0.3) is 0 Å². The predicted octanol–water partition coefficient (Wildman–Crippen LogP) is 6.95. The van der Waals surface area contributed by atoms with E-state index in [0.717, 1.165) is 27.8 Å². The summed E-state index contributed by atoms with van der Waals surface area (Å²) in [5.41, 5.74) is 6.21. The summed E-state index contributed by atoms with van der Waals surface area (Å²) in [5.74, 6) is 0.581. The second-order valence-electron chi connectivity index (χ2n) is 8.42. The summed E-state index contributed by atoms with van der Waals surface area (Å²) >= 11 is 0. The molecule has 0 aliphatic rings. The van der Waals surface area contributed by atoms with E-state index in [9.17, 15) is 4.79 Å². The van der Waals surface area contributed by atoms with Gasteiger partial charge in [-0.3, -0.25) is 4.79 Å². The van der Waals surface area contributed by atoms with Gasteiger partial charge in [0.2, 0.25) is 5.78 Å². The molecule has 5 rings (SSSR count). The molecule has 0 aliphatic carbocycles. The Morgan fingerprint density at radius 1 is 0.969 bits per heavy atom. The van der Waals surface area contributed by atoms with Crippen LogP contribution in [0.4, 0.5) is 0 Å². The molecule has 4 nitrogen and oxygen atoms in total. The highest BCUT2D eigenvalue weighted by Gasteiger charge is 2.24. The van der Waals surface area contributed by atoms with E-state index in [1.807, 2.05) is 78.5 Å². The molecule has 0 amide bonds. The van der Waals surface area contributed by atoms with Crippen molar-refractivity contribution < 1.29 is 9.21 Å². The van der Waals surface area contributed by atoms with E-state index in [2.05, 4.69) is 31.1 Å². The first-order chi connectivity index (χ1) is 15.5. The first-order valence-corrected chi connectivity index (χ1v) is 10.8. The van der Waals surface area contributed by atoms with E-state index < -0.39 is 0 Å². The molecule has 4 heteroatoms. The Bertz CT molecular complexity index is 1410. The number of ketones is 1. The minimum atomic E-state index is -0.130. The maximum absolute atomic E-state index is 13.5. The van der Waals surface area contributed by atoms with Crippen LogP contribution in [0.15, 0.2) is 89.6 Å². The van der Waals surface area contributed by atoms with Crippen molar-refractivity contribution in [3.8, 4) is 16.8 Å². The molecular weight excluding hydrogens is 396 g/mol. The third kappa shape index (κ3) is 3.54. The van der Waals surface area contributed by atoms with Gasteiger partial charge in [-0.05, 0) is 42.7 Å². The molecule has 0 saturated carbocycles. The third-order valence-electron chi connectivity index (χ3n) is 5.79. The largest absolute Gasteiger partial charge is 0.452 e. The fourth-order valence-electron chi connectivity index (χ4n) is 3.93. The number of rotatable bonds is 5. The van der Waals surface area contributed by atoms with E-state index in [4.69, 9.17) is 4.42 Å². The summed E-state index contributed by atoms with van der Waals surface area (Å²) in [4.78, 5) is 13.5. The fraction of sp³-hybridized carbons (Fsp3) is 0.143. The van der Waals surface area contributed by atoms with E-state index in [1.165, 1.54) is 5.56 Å². The van der Waals surface area contributed by atoms with Crippen molar-refractivity contribution in [1.82, 2.24) is 9.78 Å². The maximum Gasteiger partial charge on any atom is 0.228 e. The lowest BCUT2D eigenvalue weighted by Crippen LogP contribution is -2.01. The van der Waals surface area contributed by atoms with Gasteiger partial charge in [-0.1, -0.05) is 67.9 Å². The van der Waals surface area contributed by atoms with Crippen LogP contribution < -0.4 is 0 Å². The molecule has 0 fully saturated rings. The Morgan fingerprint density at radius 3 is 2.44 bits per heavy atom. The molecule has 0 spiro atoms. The molecule has 0 saturated heterocycles. The van der Waals surface area contributed by atoms with Crippen molar-refractivity contribution in [3.63, 3.8) is 0 Å². The zero-order valence-electron chi connectivity index (χ0n) is 18.4. The van der Waals surface area contributed by atoms with E-state index in [1.54, 1.807) is 6.20 Å². The number of furan rings is 1. The van der Waals surface area contributed by atoms with Gasteiger partial charge in [0.15, 0.2) is 5.76 Å². The van der Waals surface area contributed by atoms with Crippen LogP contribution in [0.25, 0.3) is 27.8 Å². The van der Waals surface area contributed by atoms with E-state index in [0.29, 0.717) is 22.8 Å². The average molecular weight is 421 g/mol. The molecule has 0 N–H and O–H groups in total. The zero-order valence-corrected chi connectivity index (χ0v) is 18.4. The highest BCUT2D eigenvalue weighted by atomic mass is 16.3. The van der Waals surface area contributed by atoms with Crippen LogP contribution in [0.2, 0.25) is 0 Å². The van der Waals surface area contributed by atoms with Gasteiger partial charge in [0.05, 0.1) is 11.9 Å². The van der Waals surface area contributed by atoms with E-state index >= 15 is 0 Å². The maximum atomic E-state index is 13.5. The smallest absolute Gasteiger partial charge is 0.228 e.